The molecule has 0 N–H and O–H groups in total. The van der Waals surface area contributed by atoms with Crippen molar-refractivity contribution in [1.29, 1.82) is 0 Å². The van der Waals surface area contributed by atoms with Crippen molar-refractivity contribution in [2.45, 2.75) is 39.5 Å². The lowest BCUT2D eigenvalue weighted by Gasteiger charge is -2.06. The van der Waals surface area contributed by atoms with Crippen LogP contribution >= 0.6 is 0 Å². The number of nitrogens with zero attached hydrogens (tertiary/aromatic N) is 1. The maximum atomic E-state index is 5.57. The van der Waals surface area contributed by atoms with Gasteiger partial charge in [-0.15, -0.1) is 0 Å². The number of hydrogen-bond acceptors (Lipinski definition) is 2. The van der Waals surface area contributed by atoms with Gasteiger partial charge in [0.05, 0.1) is 6.61 Å². The monoisotopic (exact) mass is 193 g/mol. The highest BCUT2D eigenvalue weighted by atomic mass is 16.5. The van der Waals surface area contributed by atoms with E-state index in [1.807, 2.05) is 19.1 Å². The first-order chi connectivity index (χ1) is 6.84. The second kappa shape index (κ2) is 6.41. The lowest BCUT2D eigenvalue weighted by atomic mass is 10.2. The molecule has 0 bridgehead atoms. The molecule has 1 rings (SSSR count). The molecule has 2 heteroatoms. The molecule has 0 aliphatic rings. The minimum Gasteiger partial charge on any atom is -0.477 e. The standard InChI is InChI=1S/C12H19NO/c1-3-4-5-6-10-14-12-11(2)8-7-9-13-12/h7-9H,3-6,10H2,1-2H3. The Morgan fingerprint density at radius 3 is 2.86 bits per heavy atom. The number of aryl methyl sites for hydroxylation is 1. The van der Waals surface area contributed by atoms with Crippen molar-refractivity contribution in [3.05, 3.63) is 23.9 Å². The molecule has 0 unspecified atom stereocenters. The Bertz CT molecular complexity index is 260. The third-order valence-electron chi connectivity index (χ3n) is 2.20. The van der Waals surface area contributed by atoms with Gasteiger partial charge in [-0.05, 0) is 19.4 Å². The van der Waals surface area contributed by atoms with E-state index in [1.165, 1.54) is 19.3 Å². The highest BCUT2D eigenvalue weighted by Crippen LogP contribution is 2.12. The molecule has 0 aliphatic heterocycles. The van der Waals surface area contributed by atoms with Gasteiger partial charge in [0.25, 0.3) is 0 Å². The molecule has 0 fully saturated rings. The molecule has 0 saturated carbocycles. The van der Waals surface area contributed by atoms with Gasteiger partial charge in [0, 0.05) is 11.8 Å². The summed E-state index contributed by atoms with van der Waals surface area (Å²) in [6, 6.07) is 3.95. The molecular weight excluding hydrogens is 174 g/mol. The highest BCUT2D eigenvalue weighted by Gasteiger charge is 1.98. The predicted molar refractivity (Wildman–Crippen MR) is 58.6 cm³/mol. The summed E-state index contributed by atoms with van der Waals surface area (Å²) >= 11 is 0. The fourth-order valence-corrected chi connectivity index (χ4v) is 1.32. The number of hydrogen-bond donors (Lipinski definition) is 0. The largest absolute Gasteiger partial charge is 0.477 e. The first-order valence-electron chi connectivity index (χ1n) is 5.39. The van der Waals surface area contributed by atoms with E-state index in [1.54, 1.807) is 6.20 Å². The molecule has 0 spiro atoms. The van der Waals surface area contributed by atoms with Crippen molar-refractivity contribution in [2.75, 3.05) is 6.61 Å². The van der Waals surface area contributed by atoms with Crippen molar-refractivity contribution in [3.63, 3.8) is 0 Å². The molecule has 0 aromatic carbocycles. The molecule has 0 amide bonds. The van der Waals surface area contributed by atoms with Gasteiger partial charge in [0.2, 0.25) is 5.88 Å². The molecular formula is C12H19NO. The smallest absolute Gasteiger partial charge is 0.216 e. The van der Waals surface area contributed by atoms with Gasteiger partial charge < -0.3 is 4.74 Å². The lowest BCUT2D eigenvalue weighted by Crippen LogP contribution is -2.00. The topological polar surface area (TPSA) is 22.1 Å². The SMILES string of the molecule is CCCCCCOc1ncccc1C. The third-order valence-corrected chi connectivity index (χ3v) is 2.20. The first-order valence-corrected chi connectivity index (χ1v) is 5.39. The van der Waals surface area contributed by atoms with Crippen LogP contribution in [0.25, 0.3) is 0 Å². The van der Waals surface area contributed by atoms with Crippen molar-refractivity contribution < 1.29 is 4.74 Å². The zero-order chi connectivity index (χ0) is 10.2. The summed E-state index contributed by atoms with van der Waals surface area (Å²) in [5.74, 6) is 0.781. The minimum absolute atomic E-state index is 0.781. The molecule has 0 saturated heterocycles. The highest BCUT2D eigenvalue weighted by molar-refractivity contribution is 5.23. The minimum atomic E-state index is 0.781. The molecule has 0 atom stereocenters. The first kappa shape index (κ1) is 11.0. The fourth-order valence-electron chi connectivity index (χ4n) is 1.32. The summed E-state index contributed by atoms with van der Waals surface area (Å²) in [5.41, 5.74) is 1.11. The van der Waals surface area contributed by atoms with E-state index in [0.717, 1.165) is 24.5 Å². The van der Waals surface area contributed by atoms with Crippen LogP contribution in [0.5, 0.6) is 5.88 Å². The molecule has 1 aromatic rings. The average Bonchev–Trinajstić information content (AvgIpc) is 2.20. The normalized spacial score (nSPS) is 10.1. The number of pyridine rings is 1. The number of aromatic nitrogens is 1. The van der Waals surface area contributed by atoms with Crippen molar-refractivity contribution in [1.82, 2.24) is 4.98 Å². The summed E-state index contributed by atoms with van der Waals surface area (Å²) < 4.78 is 5.57. The molecule has 1 aromatic heterocycles. The van der Waals surface area contributed by atoms with E-state index in [4.69, 9.17) is 4.74 Å². The van der Waals surface area contributed by atoms with Crippen LogP contribution in [0.2, 0.25) is 0 Å². The molecule has 78 valence electrons. The zero-order valence-electron chi connectivity index (χ0n) is 9.12. The van der Waals surface area contributed by atoms with E-state index in [9.17, 15) is 0 Å². The maximum absolute atomic E-state index is 5.57. The number of unbranched alkanes of at least 4 members (excludes halogenated alkanes) is 3. The van der Waals surface area contributed by atoms with Gasteiger partial charge in [0.15, 0.2) is 0 Å². The lowest BCUT2D eigenvalue weighted by molar-refractivity contribution is 0.292. The third kappa shape index (κ3) is 3.77. The van der Waals surface area contributed by atoms with Gasteiger partial charge in [-0.3, -0.25) is 0 Å². The van der Waals surface area contributed by atoms with Crippen LogP contribution in [-0.4, -0.2) is 11.6 Å². The molecule has 0 radical (unpaired) electrons. The van der Waals surface area contributed by atoms with Gasteiger partial charge in [0.1, 0.15) is 0 Å². The second-order valence-corrected chi connectivity index (χ2v) is 3.53. The Balaban J connectivity index is 2.21. The second-order valence-electron chi connectivity index (χ2n) is 3.53. The van der Waals surface area contributed by atoms with Gasteiger partial charge >= 0.3 is 0 Å². The van der Waals surface area contributed by atoms with Crippen LogP contribution in [0, 0.1) is 6.92 Å². The van der Waals surface area contributed by atoms with Crippen molar-refractivity contribution in [2.24, 2.45) is 0 Å². The number of rotatable bonds is 6. The van der Waals surface area contributed by atoms with Crippen LogP contribution in [0.15, 0.2) is 18.3 Å². The Morgan fingerprint density at radius 1 is 1.29 bits per heavy atom. The van der Waals surface area contributed by atoms with E-state index in [-0.39, 0.29) is 0 Å². The van der Waals surface area contributed by atoms with Gasteiger partial charge in [-0.1, -0.05) is 32.3 Å². The maximum Gasteiger partial charge on any atom is 0.216 e. The van der Waals surface area contributed by atoms with Gasteiger partial charge in [-0.2, -0.15) is 0 Å². The zero-order valence-corrected chi connectivity index (χ0v) is 9.12. The van der Waals surface area contributed by atoms with Crippen LogP contribution in [0.4, 0.5) is 0 Å². The summed E-state index contributed by atoms with van der Waals surface area (Å²) in [5, 5.41) is 0. The van der Waals surface area contributed by atoms with Crippen LogP contribution in [-0.2, 0) is 0 Å². The quantitative estimate of drug-likeness (QED) is 0.646. The molecule has 14 heavy (non-hydrogen) atoms. The molecule has 1 heterocycles. The average molecular weight is 193 g/mol. The summed E-state index contributed by atoms with van der Waals surface area (Å²) in [4.78, 5) is 4.17. The Morgan fingerprint density at radius 2 is 2.14 bits per heavy atom. The van der Waals surface area contributed by atoms with Crippen LogP contribution in [0.1, 0.15) is 38.2 Å². The summed E-state index contributed by atoms with van der Waals surface area (Å²) in [7, 11) is 0. The Hall–Kier alpha value is -1.05. The molecule has 0 aliphatic carbocycles. The van der Waals surface area contributed by atoms with E-state index < -0.39 is 0 Å². The van der Waals surface area contributed by atoms with E-state index in [0.29, 0.717) is 0 Å². The summed E-state index contributed by atoms with van der Waals surface area (Å²) in [6.45, 7) is 5.02. The van der Waals surface area contributed by atoms with Gasteiger partial charge in [-0.25, -0.2) is 4.98 Å². The summed E-state index contributed by atoms with van der Waals surface area (Å²) in [6.07, 6.45) is 6.72. The van der Waals surface area contributed by atoms with Crippen LogP contribution < -0.4 is 4.74 Å². The Kier molecular flexibility index (Phi) is 5.05. The van der Waals surface area contributed by atoms with E-state index in [2.05, 4.69) is 11.9 Å². The Labute approximate surface area is 86.3 Å². The van der Waals surface area contributed by atoms with Crippen molar-refractivity contribution in [3.8, 4) is 5.88 Å². The van der Waals surface area contributed by atoms with E-state index >= 15 is 0 Å². The van der Waals surface area contributed by atoms with Crippen molar-refractivity contribution >= 4 is 0 Å². The predicted octanol–water partition coefficient (Wildman–Crippen LogP) is 3.35. The number of ether oxygens (including phenoxy) is 1. The fraction of sp³-hybridized carbons (Fsp3) is 0.583. The molecule has 2 nitrogen and oxygen atoms in total. The van der Waals surface area contributed by atoms with Crippen LogP contribution in [0.3, 0.4) is 0 Å².